The molecule has 0 bridgehead atoms. The summed E-state index contributed by atoms with van der Waals surface area (Å²) < 4.78 is 5.16. The fourth-order valence-corrected chi connectivity index (χ4v) is 3.57. The summed E-state index contributed by atoms with van der Waals surface area (Å²) >= 11 is 0. The molecule has 172 valence electrons. The number of hydrogen-bond acceptors (Lipinski definition) is 4. The van der Waals surface area contributed by atoms with Crippen molar-refractivity contribution in [2.45, 2.75) is 38.6 Å². The molecule has 0 aliphatic rings. The number of hydrogen-bond donors (Lipinski definition) is 3. The number of phenols is 1. The summed E-state index contributed by atoms with van der Waals surface area (Å²) in [4.78, 5) is 23.3. The van der Waals surface area contributed by atoms with Gasteiger partial charge in [-0.3, -0.25) is 4.79 Å². The normalized spacial score (nSPS) is 10.6. The Hall–Kier alpha value is -3.80. The highest BCUT2D eigenvalue weighted by Crippen LogP contribution is 2.26. The molecule has 6 nitrogen and oxygen atoms in total. The molecule has 0 aromatic heterocycles. The van der Waals surface area contributed by atoms with Crippen molar-refractivity contribution in [3.63, 3.8) is 0 Å². The largest absolute Gasteiger partial charge is 0.507 e. The molecule has 0 saturated carbocycles. The van der Waals surface area contributed by atoms with Crippen molar-refractivity contribution in [1.29, 1.82) is 0 Å². The van der Waals surface area contributed by atoms with Gasteiger partial charge < -0.3 is 20.3 Å². The Morgan fingerprint density at radius 1 is 0.848 bits per heavy atom. The van der Waals surface area contributed by atoms with Crippen LogP contribution in [0.25, 0.3) is 11.1 Å². The molecule has 0 heterocycles. The number of aromatic carboxylic acids is 1. The summed E-state index contributed by atoms with van der Waals surface area (Å²) in [5.41, 5.74) is 3.65. The zero-order chi connectivity index (χ0) is 23.6. The second-order valence-electron chi connectivity index (χ2n) is 7.92. The molecule has 0 unspecified atom stereocenters. The molecule has 0 aliphatic heterocycles. The number of aromatic hydroxyl groups is 1. The van der Waals surface area contributed by atoms with Crippen molar-refractivity contribution in [2.24, 2.45) is 0 Å². The highest BCUT2D eigenvalue weighted by Gasteiger charge is 2.11. The molecule has 3 aromatic carbocycles. The van der Waals surface area contributed by atoms with E-state index < -0.39 is 5.97 Å². The van der Waals surface area contributed by atoms with E-state index in [1.807, 2.05) is 36.4 Å². The van der Waals surface area contributed by atoms with Crippen LogP contribution in [0.4, 0.5) is 0 Å². The van der Waals surface area contributed by atoms with Gasteiger partial charge in [-0.2, -0.15) is 0 Å². The Bertz CT molecular complexity index is 1070. The second-order valence-corrected chi connectivity index (χ2v) is 7.92. The van der Waals surface area contributed by atoms with Crippen LogP contribution in [0.15, 0.2) is 66.7 Å². The van der Waals surface area contributed by atoms with Gasteiger partial charge in [0.15, 0.2) is 0 Å². The number of carboxylic acid groups (broad SMARTS) is 1. The van der Waals surface area contributed by atoms with E-state index in [-0.39, 0.29) is 17.2 Å². The fourth-order valence-electron chi connectivity index (χ4n) is 3.57. The summed E-state index contributed by atoms with van der Waals surface area (Å²) in [5, 5.41) is 21.8. The smallest absolute Gasteiger partial charge is 0.339 e. The first-order valence-electron chi connectivity index (χ1n) is 11.0. The molecule has 3 aromatic rings. The Kier molecular flexibility index (Phi) is 8.47. The standard InChI is InChI=1S/C27H29NO5/c1-33-23-14-9-19(10-15-23)5-3-2-4-6-26(30)28-18-20-7-11-21(12-8-20)22-13-16-25(29)24(17-22)27(31)32/h7-17,29H,2-6,18H2,1H3,(H,28,30)(H,31,32). The number of carbonyl (C=O) groups excluding carboxylic acids is 1. The lowest BCUT2D eigenvalue weighted by molar-refractivity contribution is -0.121. The predicted molar refractivity (Wildman–Crippen MR) is 128 cm³/mol. The average Bonchev–Trinajstić information content (AvgIpc) is 2.83. The molecule has 3 rings (SSSR count). The molecule has 0 fully saturated rings. The van der Waals surface area contributed by atoms with Crippen molar-refractivity contribution >= 4 is 11.9 Å². The van der Waals surface area contributed by atoms with Crippen LogP contribution in [0.5, 0.6) is 11.5 Å². The lowest BCUT2D eigenvalue weighted by Crippen LogP contribution is -2.22. The minimum atomic E-state index is -1.17. The van der Waals surface area contributed by atoms with Gasteiger partial charge in [-0.05, 0) is 65.8 Å². The van der Waals surface area contributed by atoms with Crippen molar-refractivity contribution in [2.75, 3.05) is 7.11 Å². The lowest BCUT2D eigenvalue weighted by Gasteiger charge is -2.08. The monoisotopic (exact) mass is 447 g/mol. The molecule has 3 N–H and O–H groups in total. The number of carbonyl (C=O) groups is 2. The predicted octanol–water partition coefficient (Wildman–Crippen LogP) is 5.19. The Labute approximate surface area is 193 Å². The topological polar surface area (TPSA) is 95.9 Å². The zero-order valence-electron chi connectivity index (χ0n) is 18.7. The first-order valence-corrected chi connectivity index (χ1v) is 11.0. The van der Waals surface area contributed by atoms with E-state index in [2.05, 4.69) is 17.4 Å². The minimum absolute atomic E-state index is 0.0353. The van der Waals surface area contributed by atoms with Crippen LogP contribution >= 0.6 is 0 Å². The van der Waals surface area contributed by atoms with E-state index in [0.717, 1.165) is 42.6 Å². The van der Waals surface area contributed by atoms with E-state index in [9.17, 15) is 14.7 Å². The number of amides is 1. The highest BCUT2D eigenvalue weighted by molar-refractivity contribution is 5.92. The Morgan fingerprint density at radius 2 is 1.52 bits per heavy atom. The first kappa shape index (κ1) is 23.9. The molecular weight excluding hydrogens is 418 g/mol. The fraction of sp³-hybridized carbons (Fsp3) is 0.259. The Balaban J connectivity index is 1.38. The number of benzene rings is 3. The number of unbranched alkanes of at least 4 members (excludes halogenated alkanes) is 2. The number of rotatable bonds is 11. The number of carboxylic acids is 1. The molecule has 0 spiro atoms. The van der Waals surface area contributed by atoms with Gasteiger partial charge in [0.2, 0.25) is 5.91 Å². The molecule has 33 heavy (non-hydrogen) atoms. The average molecular weight is 448 g/mol. The van der Waals surface area contributed by atoms with Crippen molar-refractivity contribution in [1.82, 2.24) is 5.32 Å². The van der Waals surface area contributed by atoms with Crippen LogP contribution in [-0.2, 0) is 17.8 Å². The van der Waals surface area contributed by atoms with E-state index in [0.29, 0.717) is 18.5 Å². The van der Waals surface area contributed by atoms with Gasteiger partial charge in [0, 0.05) is 13.0 Å². The van der Waals surface area contributed by atoms with Crippen molar-refractivity contribution in [3.05, 3.63) is 83.4 Å². The van der Waals surface area contributed by atoms with E-state index in [1.165, 1.54) is 17.7 Å². The number of methoxy groups -OCH3 is 1. The van der Waals surface area contributed by atoms with Crippen molar-refractivity contribution in [3.8, 4) is 22.6 Å². The zero-order valence-corrected chi connectivity index (χ0v) is 18.7. The molecule has 0 radical (unpaired) electrons. The van der Waals surface area contributed by atoms with E-state index in [1.54, 1.807) is 13.2 Å². The van der Waals surface area contributed by atoms with Gasteiger partial charge in [0.05, 0.1) is 7.11 Å². The van der Waals surface area contributed by atoms with E-state index in [4.69, 9.17) is 9.84 Å². The van der Waals surface area contributed by atoms with Crippen LogP contribution < -0.4 is 10.1 Å². The SMILES string of the molecule is COc1ccc(CCCCCC(=O)NCc2ccc(-c3ccc(O)c(C(=O)O)c3)cc2)cc1. The molecule has 0 atom stereocenters. The third-order valence-corrected chi connectivity index (χ3v) is 5.53. The molecule has 0 saturated heterocycles. The summed E-state index contributed by atoms with van der Waals surface area (Å²) in [5.74, 6) is -0.536. The maximum absolute atomic E-state index is 12.1. The third kappa shape index (κ3) is 7.10. The minimum Gasteiger partial charge on any atom is -0.507 e. The van der Waals surface area contributed by atoms with Gasteiger partial charge in [0.1, 0.15) is 17.1 Å². The first-order chi connectivity index (χ1) is 16.0. The van der Waals surface area contributed by atoms with Crippen LogP contribution in [-0.4, -0.2) is 29.2 Å². The van der Waals surface area contributed by atoms with Crippen LogP contribution in [0, 0.1) is 0 Å². The second kappa shape index (κ2) is 11.7. The van der Waals surface area contributed by atoms with Gasteiger partial charge >= 0.3 is 5.97 Å². The van der Waals surface area contributed by atoms with Gasteiger partial charge in [-0.25, -0.2) is 4.79 Å². The van der Waals surface area contributed by atoms with Crippen LogP contribution in [0.2, 0.25) is 0 Å². The summed E-state index contributed by atoms with van der Waals surface area (Å²) in [7, 11) is 1.66. The van der Waals surface area contributed by atoms with Gasteiger partial charge in [-0.15, -0.1) is 0 Å². The lowest BCUT2D eigenvalue weighted by atomic mass is 10.0. The third-order valence-electron chi connectivity index (χ3n) is 5.53. The molecule has 0 aliphatic carbocycles. The summed E-state index contributed by atoms with van der Waals surface area (Å²) in [6, 6.07) is 20.1. The number of aryl methyl sites for hydroxylation is 1. The van der Waals surface area contributed by atoms with Crippen molar-refractivity contribution < 1.29 is 24.5 Å². The van der Waals surface area contributed by atoms with Crippen LogP contribution in [0.1, 0.15) is 47.2 Å². The van der Waals surface area contributed by atoms with E-state index >= 15 is 0 Å². The molecule has 6 heteroatoms. The summed E-state index contributed by atoms with van der Waals surface area (Å²) in [6.07, 6.45) is 4.40. The quantitative estimate of drug-likeness (QED) is 0.352. The van der Waals surface area contributed by atoms with Gasteiger partial charge in [0.25, 0.3) is 0 Å². The highest BCUT2D eigenvalue weighted by atomic mass is 16.5. The van der Waals surface area contributed by atoms with Gasteiger partial charge in [-0.1, -0.05) is 48.9 Å². The Morgan fingerprint density at radius 3 is 2.18 bits per heavy atom. The number of nitrogens with one attached hydrogen (secondary N) is 1. The maximum atomic E-state index is 12.1. The number of ether oxygens (including phenoxy) is 1. The maximum Gasteiger partial charge on any atom is 0.339 e. The molecular formula is C27H29NO5. The van der Waals surface area contributed by atoms with Crippen LogP contribution in [0.3, 0.4) is 0 Å². The summed E-state index contributed by atoms with van der Waals surface area (Å²) in [6.45, 7) is 0.445. The molecule has 1 amide bonds.